The Morgan fingerprint density at radius 1 is 1.64 bits per heavy atom. The molecule has 1 atom stereocenters. The maximum atomic E-state index is 13.2. The molecular weight excluding hydrogens is 189 g/mol. The first-order chi connectivity index (χ1) is 6.29. The van der Waals surface area contributed by atoms with Crippen molar-refractivity contribution in [3.63, 3.8) is 0 Å². The number of hydrogen-bond donors (Lipinski definition) is 1. The number of aliphatic hydroxyl groups is 1. The van der Waals surface area contributed by atoms with E-state index in [0.717, 1.165) is 4.90 Å². The number of nitrogens with zero attached hydrogens (tertiary/aromatic N) is 1. The largest absolute Gasteiger partial charge is 0.389 e. The van der Waals surface area contributed by atoms with Crippen LogP contribution in [-0.2, 0) is 9.53 Å². The molecule has 0 aliphatic heterocycles. The smallest absolute Gasteiger partial charge is 0.259 e. The lowest BCUT2D eigenvalue weighted by Gasteiger charge is -2.25. The fourth-order valence-electron chi connectivity index (χ4n) is 1.10. The van der Waals surface area contributed by atoms with Crippen LogP contribution in [0.15, 0.2) is 0 Å². The molecule has 0 radical (unpaired) electrons. The van der Waals surface area contributed by atoms with Gasteiger partial charge in [0.05, 0.1) is 12.7 Å². The number of aliphatic hydroxyl groups excluding tert-OH is 1. The predicted octanol–water partition coefficient (Wildman–Crippen LogP) is 0.200. The Balaban J connectivity index is 4.08. The van der Waals surface area contributed by atoms with Gasteiger partial charge in [0, 0.05) is 20.7 Å². The van der Waals surface area contributed by atoms with E-state index in [0.29, 0.717) is 0 Å². The Bertz CT molecular complexity index is 191. The van der Waals surface area contributed by atoms with Gasteiger partial charge in [-0.3, -0.25) is 4.79 Å². The quantitative estimate of drug-likeness (QED) is 0.700. The molecule has 4 nitrogen and oxygen atoms in total. The van der Waals surface area contributed by atoms with Crippen LogP contribution in [0.2, 0.25) is 0 Å². The molecule has 0 spiro atoms. The van der Waals surface area contributed by atoms with Crippen LogP contribution < -0.4 is 0 Å². The predicted molar refractivity (Wildman–Crippen MR) is 50.7 cm³/mol. The molecule has 0 aromatic rings. The second-order valence-electron chi connectivity index (χ2n) is 3.77. The number of likely N-dealkylation sites (N-methyl/N-ethyl adjacent to an activating group) is 1. The van der Waals surface area contributed by atoms with Crippen LogP contribution in [-0.4, -0.2) is 55.0 Å². The molecule has 1 unspecified atom stereocenters. The molecule has 0 aliphatic carbocycles. The normalized spacial score (nSPS) is 13.9. The van der Waals surface area contributed by atoms with Gasteiger partial charge in [0.25, 0.3) is 5.91 Å². The lowest BCUT2D eigenvalue weighted by molar-refractivity contribution is -0.142. The van der Waals surface area contributed by atoms with Gasteiger partial charge in [0.15, 0.2) is 5.67 Å². The van der Waals surface area contributed by atoms with Crippen LogP contribution in [0.4, 0.5) is 4.39 Å². The molecule has 14 heavy (non-hydrogen) atoms. The Morgan fingerprint density at radius 3 is 2.50 bits per heavy atom. The summed E-state index contributed by atoms with van der Waals surface area (Å²) in [6, 6.07) is 0. The SMILES string of the molecule is COCC(O)CN(C)C(=O)C(C)(C)F. The van der Waals surface area contributed by atoms with E-state index in [1.54, 1.807) is 0 Å². The van der Waals surface area contributed by atoms with E-state index in [-0.39, 0.29) is 13.2 Å². The molecule has 1 amide bonds. The Kier molecular flexibility index (Phi) is 5.01. The van der Waals surface area contributed by atoms with Crippen molar-refractivity contribution in [3.05, 3.63) is 0 Å². The maximum Gasteiger partial charge on any atom is 0.259 e. The third kappa shape index (κ3) is 4.53. The molecule has 0 aliphatic rings. The van der Waals surface area contributed by atoms with Gasteiger partial charge in [-0.15, -0.1) is 0 Å². The van der Waals surface area contributed by atoms with Crippen LogP contribution >= 0.6 is 0 Å². The summed E-state index contributed by atoms with van der Waals surface area (Å²) in [5.41, 5.74) is -1.90. The van der Waals surface area contributed by atoms with Crippen molar-refractivity contribution >= 4 is 5.91 Å². The lowest BCUT2D eigenvalue weighted by Crippen LogP contribution is -2.44. The highest BCUT2D eigenvalue weighted by molar-refractivity contribution is 5.83. The summed E-state index contributed by atoms with van der Waals surface area (Å²) in [5.74, 6) is -0.646. The van der Waals surface area contributed by atoms with Gasteiger partial charge < -0.3 is 14.7 Å². The highest BCUT2D eigenvalue weighted by atomic mass is 19.1. The lowest BCUT2D eigenvalue weighted by atomic mass is 10.1. The third-order valence-electron chi connectivity index (χ3n) is 1.70. The molecule has 5 heteroatoms. The first-order valence-electron chi connectivity index (χ1n) is 4.40. The van der Waals surface area contributed by atoms with Gasteiger partial charge in [0.1, 0.15) is 0 Å². The Hall–Kier alpha value is -0.680. The number of halogens is 1. The zero-order chi connectivity index (χ0) is 11.4. The van der Waals surface area contributed by atoms with Crippen molar-refractivity contribution in [1.29, 1.82) is 0 Å². The van der Waals surface area contributed by atoms with Crippen molar-refractivity contribution in [3.8, 4) is 0 Å². The summed E-state index contributed by atoms with van der Waals surface area (Å²) in [6.45, 7) is 2.58. The molecule has 0 fully saturated rings. The van der Waals surface area contributed by atoms with Crippen LogP contribution in [0.3, 0.4) is 0 Å². The van der Waals surface area contributed by atoms with E-state index in [1.165, 1.54) is 28.0 Å². The maximum absolute atomic E-state index is 13.2. The molecule has 0 saturated carbocycles. The number of carbonyl (C=O) groups excluding carboxylic acids is 1. The standard InChI is InChI=1S/C9H18FNO3/c1-9(2,10)8(13)11(3)5-7(12)6-14-4/h7,12H,5-6H2,1-4H3. The molecule has 1 N–H and O–H groups in total. The molecule has 0 saturated heterocycles. The first kappa shape index (κ1) is 13.3. The number of carbonyl (C=O) groups is 1. The Morgan fingerprint density at radius 2 is 2.14 bits per heavy atom. The highest BCUT2D eigenvalue weighted by Crippen LogP contribution is 2.11. The van der Waals surface area contributed by atoms with Crippen LogP contribution in [0, 0.1) is 0 Å². The topological polar surface area (TPSA) is 49.8 Å². The Labute approximate surface area is 83.7 Å². The number of ether oxygens (including phenoxy) is 1. The second kappa shape index (κ2) is 5.26. The monoisotopic (exact) mass is 207 g/mol. The summed E-state index contributed by atoms with van der Waals surface area (Å²) in [7, 11) is 2.90. The molecule has 0 aromatic heterocycles. The number of methoxy groups -OCH3 is 1. The second-order valence-corrected chi connectivity index (χ2v) is 3.77. The van der Waals surface area contributed by atoms with E-state index in [4.69, 9.17) is 0 Å². The van der Waals surface area contributed by atoms with Gasteiger partial charge in [-0.05, 0) is 13.8 Å². The zero-order valence-electron chi connectivity index (χ0n) is 9.08. The van der Waals surface area contributed by atoms with E-state index in [2.05, 4.69) is 4.74 Å². The van der Waals surface area contributed by atoms with E-state index >= 15 is 0 Å². The van der Waals surface area contributed by atoms with Gasteiger partial charge in [-0.25, -0.2) is 4.39 Å². The van der Waals surface area contributed by atoms with Crippen LogP contribution in [0.25, 0.3) is 0 Å². The molecule has 0 rings (SSSR count). The van der Waals surface area contributed by atoms with Crippen molar-refractivity contribution in [2.45, 2.75) is 25.6 Å². The van der Waals surface area contributed by atoms with Crippen molar-refractivity contribution in [2.24, 2.45) is 0 Å². The first-order valence-corrected chi connectivity index (χ1v) is 4.40. The summed E-state index contributed by atoms with van der Waals surface area (Å²) in [6.07, 6.45) is -0.781. The minimum absolute atomic E-state index is 0.0695. The summed E-state index contributed by atoms with van der Waals surface area (Å²) in [4.78, 5) is 12.5. The molecule has 0 aromatic carbocycles. The molecule has 0 bridgehead atoms. The zero-order valence-corrected chi connectivity index (χ0v) is 9.08. The van der Waals surface area contributed by atoms with Crippen LogP contribution in [0.5, 0.6) is 0 Å². The highest BCUT2D eigenvalue weighted by Gasteiger charge is 2.30. The number of amides is 1. The summed E-state index contributed by atoms with van der Waals surface area (Å²) in [5, 5.41) is 9.29. The van der Waals surface area contributed by atoms with Gasteiger partial charge in [-0.1, -0.05) is 0 Å². The fourth-order valence-corrected chi connectivity index (χ4v) is 1.10. The van der Waals surface area contributed by atoms with E-state index in [1.807, 2.05) is 0 Å². The summed E-state index contributed by atoms with van der Waals surface area (Å²) >= 11 is 0. The number of alkyl halides is 1. The minimum Gasteiger partial charge on any atom is -0.389 e. The van der Waals surface area contributed by atoms with Crippen molar-refractivity contribution < 1.29 is 19.0 Å². The average Bonchev–Trinajstić information content (AvgIpc) is 2.01. The van der Waals surface area contributed by atoms with Crippen molar-refractivity contribution in [2.75, 3.05) is 27.3 Å². The number of hydrogen-bond acceptors (Lipinski definition) is 3. The van der Waals surface area contributed by atoms with Gasteiger partial charge in [-0.2, -0.15) is 0 Å². The molecule has 84 valence electrons. The summed E-state index contributed by atoms with van der Waals surface area (Å²) < 4.78 is 17.9. The fraction of sp³-hybridized carbons (Fsp3) is 0.889. The number of rotatable bonds is 5. The van der Waals surface area contributed by atoms with Crippen molar-refractivity contribution in [1.82, 2.24) is 4.90 Å². The van der Waals surface area contributed by atoms with Crippen LogP contribution in [0.1, 0.15) is 13.8 Å². The third-order valence-corrected chi connectivity index (χ3v) is 1.70. The molecule has 0 heterocycles. The molecular formula is C9H18FNO3. The minimum atomic E-state index is -1.90. The van der Waals surface area contributed by atoms with Gasteiger partial charge in [0.2, 0.25) is 0 Å². The van der Waals surface area contributed by atoms with E-state index in [9.17, 15) is 14.3 Å². The van der Waals surface area contributed by atoms with E-state index < -0.39 is 17.7 Å². The van der Waals surface area contributed by atoms with Gasteiger partial charge >= 0.3 is 0 Å². The average molecular weight is 207 g/mol.